The summed E-state index contributed by atoms with van der Waals surface area (Å²) in [6, 6.07) is 10.1. The number of amides is 1. The molecule has 0 spiro atoms. The summed E-state index contributed by atoms with van der Waals surface area (Å²) in [5.74, 6) is 0. The first-order chi connectivity index (χ1) is 9.63. The van der Waals surface area contributed by atoms with Crippen molar-refractivity contribution >= 4 is 6.03 Å². The first-order valence-electron chi connectivity index (χ1n) is 6.55. The molecule has 0 bridgehead atoms. The fraction of sp³-hybridized carbons (Fsp3) is 0.333. The molecule has 106 valence electrons. The molecule has 0 unspecified atom stereocenters. The van der Waals surface area contributed by atoms with Crippen LogP contribution in [0.15, 0.2) is 30.3 Å². The molecule has 0 saturated carbocycles. The largest absolute Gasteiger partial charge is 0.468 e. The van der Waals surface area contributed by atoms with E-state index in [1.807, 2.05) is 44.2 Å². The van der Waals surface area contributed by atoms with E-state index in [1.54, 1.807) is 0 Å². The van der Waals surface area contributed by atoms with E-state index in [4.69, 9.17) is 4.74 Å². The van der Waals surface area contributed by atoms with Crippen LogP contribution in [0.2, 0.25) is 0 Å². The highest BCUT2D eigenvalue weighted by Crippen LogP contribution is 2.15. The molecule has 1 heterocycles. The Morgan fingerprint density at radius 1 is 1.30 bits per heavy atom. The smallest absolute Gasteiger partial charge is 0.329 e. The number of carbonyl (C=O) groups is 1. The fourth-order valence-electron chi connectivity index (χ4n) is 1.99. The molecule has 0 aliphatic rings. The number of rotatable bonds is 4. The van der Waals surface area contributed by atoms with Crippen molar-refractivity contribution in [2.45, 2.75) is 20.3 Å². The van der Waals surface area contributed by atoms with Gasteiger partial charge >= 0.3 is 12.0 Å². The standard InChI is InChI=1S/C15H19N3O2/c1-11-12(2)18(15(17-11)20-3)14(19)16-10-9-13-7-5-4-6-8-13/h4-8H,9-10H2,1-3H3,(H,16,19). The Morgan fingerprint density at radius 3 is 2.65 bits per heavy atom. The van der Waals surface area contributed by atoms with Crippen LogP contribution in [-0.2, 0) is 6.42 Å². The molecule has 5 heteroatoms. The van der Waals surface area contributed by atoms with E-state index in [-0.39, 0.29) is 6.03 Å². The average Bonchev–Trinajstić information content (AvgIpc) is 2.75. The van der Waals surface area contributed by atoms with Crippen molar-refractivity contribution in [1.82, 2.24) is 14.9 Å². The molecule has 0 saturated heterocycles. The van der Waals surface area contributed by atoms with E-state index < -0.39 is 0 Å². The van der Waals surface area contributed by atoms with Crippen molar-refractivity contribution in [3.05, 3.63) is 47.3 Å². The molecule has 1 N–H and O–H groups in total. The van der Waals surface area contributed by atoms with Gasteiger partial charge < -0.3 is 10.1 Å². The molecule has 20 heavy (non-hydrogen) atoms. The molecule has 0 radical (unpaired) electrons. The summed E-state index contributed by atoms with van der Waals surface area (Å²) >= 11 is 0. The number of carbonyl (C=O) groups excluding carboxylic acids is 1. The third kappa shape index (κ3) is 2.99. The number of imidazole rings is 1. The highest BCUT2D eigenvalue weighted by molar-refractivity contribution is 5.79. The number of hydrogen-bond acceptors (Lipinski definition) is 3. The normalized spacial score (nSPS) is 10.3. The number of benzene rings is 1. The fourth-order valence-corrected chi connectivity index (χ4v) is 1.99. The summed E-state index contributed by atoms with van der Waals surface area (Å²) < 4.78 is 6.58. The second-order valence-electron chi connectivity index (χ2n) is 4.57. The van der Waals surface area contributed by atoms with Crippen LogP contribution in [0.3, 0.4) is 0 Å². The minimum absolute atomic E-state index is 0.212. The molecule has 0 atom stereocenters. The Bertz CT molecular complexity index is 591. The van der Waals surface area contributed by atoms with E-state index in [0.717, 1.165) is 17.8 Å². The molecule has 0 aliphatic heterocycles. The van der Waals surface area contributed by atoms with Crippen LogP contribution in [0.4, 0.5) is 4.79 Å². The number of aromatic nitrogens is 2. The van der Waals surface area contributed by atoms with Gasteiger partial charge in [-0.3, -0.25) is 0 Å². The Balaban J connectivity index is 1.99. The Kier molecular flexibility index (Phi) is 4.40. The molecule has 1 aromatic heterocycles. The van der Waals surface area contributed by atoms with Crippen molar-refractivity contribution in [2.75, 3.05) is 13.7 Å². The Hall–Kier alpha value is -2.30. The van der Waals surface area contributed by atoms with Gasteiger partial charge in [-0.2, -0.15) is 4.98 Å². The van der Waals surface area contributed by atoms with Gasteiger partial charge in [-0.15, -0.1) is 0 Å². The number of ether oxygens (including phenoxy) is 1. The first kappa shape index (κ1) is 14.1. The quantitative estimate of drug-likeness (QED) is 0.930. The van der Waals surface area contributed by atoms with E-state index in [1.165, 1.54) is 17.2 Å². The SMILES string of the molecule is COc1nc(C)c(C)n1C(=O)NCCc1ccccc1. The molecule has 2 rings (SSSR count). The van der Waals surface area contributed by atoms with Gasteiger partial charge in [0, 0.05) is 6.54 Å². The lowest BCUT2D eigenvalue weighted by Gasteiger charge is -2.09. The highest BCUT2D eigenvalue weighted by Gasteiger charge is 2.17. The summed E-state index contributed by atoms with van der Waals surface area (Å²) in [6.07, 6.45) is 0.793. The van der Waals surface area contributed by atoms with Gasteiger partial charge in [0.2, 0.25) is 0 Å². The molecular formula is C15H19N3O2. The zero-order chi connectivity index (χ0) is 14.5. The van der Waals surface area contributed by atoms with Gasteiger partial charge in [-0.05, 0) is 25.8 Å². The van der Waals surface area contributed by atoms with Gasteiger partial charge in [-0.25, -0.2) is 9.36 Å². The minimum atomic E-state index is -0.212. The Labute approximate surface area is 118 Å². The lowest BCUT2D eigenvalue weighted by atomic mass is 10.1. The van der Waals surface area contributed by atoms with Crippen LogP contribution in [0, 0.1) is 13.8 Å². The number of nitrogens with zero attached hydrogens (tertiary/aromatic N) is 2. The van der Waals surface area contributed by atoms with E-state index >= 15 is 0 Å². The van der Waals surface area contributed by atoms with Crippen molar-refractivity contribution in [1.29, 1.82) is 0 Å². The topological polar surface area (TPSA) is 56.2 Å². The minimum Gasteiger partial charge on any atom is -0.468 e. The van der Waals surface area contributed by atoms with E-state index in [0.29, 0.717) is 12.6 Å². The zero-order valence-corrected chi connectivity index (χ0v) is 12.0. The maximum atomic E-state index is 12.2. The van der Waals surface area contributed by atoms with Crippen LogP contribution in [-0.4, -0.2) is 29.2 Å². The molecule has 1 amide bonds. The number of methoxy groups -OCH3 is 1. The predicted octanol–water partition coefficient (Wildman–Crippen LogP) is 2.31. The first-order valence-corrected chi connectivity index (χ1v) is 6.55. The van der Waals surface area contributed by atoms with Crippen molar-refractivity contribution in [2.24, 2.45) is 0 Å². The number of hydrogen-bond donors (Lipinski definition) is 1. The summed E-state index contributed by atoms with van der Waals surface area (Å²) in [5, 5.41) is 2.88. The van der Waals surface area contributed by atoms with Crippen molar-refractivity contribution in [3.8, 4) is 6.01 Å². The maximum Gasteiger partial charge on any atom is 0.329 e. The summed E-state index contributed by atoms with van der Waals surface area (Å²) in [5.41, 5.74) is 2.78. The molecule has 2 aromatic rings. The third-order valence-corrected chi connectivity index (χ3v) is 3.23. The van der Waals surface area contributed by atoms with E-state index in [9.17, 15) is 4.79 Å². The van der Waals surface area contributed by atoms with Crippen LogP contribution in [0.5, 0.6) is 6.01 Å². The molecule has 0 aliphatic carbocycles. The molecule has 1 aromatic carbocycles. The summed E-state index contributed by atoms with van der Waals surface area (Å²) in [6.45, 7) is 4.27. The van der Waals surface area contributed by atoms with Crippen LogP contribution < -0.4 is 10.1 Å². The monoisotopic (exact) mass is 273 g/mol. The van der Waals surface area contributed by atoms with Gasteiger partial charge in [0.15, 0.2) is 0 Å². The number of aryl methyl sites for hydroxylation is 1. The molecular weight excluding hydrogens is 254 g/mol. The van der Waals surface area contributed by atoms with Gasteiger partial charge in [0.05, 0.1) is 18.5 Å². The number of nitrogens with one attached hydrogen (secondary N) is 1. The average molecular weight is 273 g/mol. The van der Waals surface area contributed by atoms with E-state index in [2.05, 4.69) is 10.3 Å². The van der Waals surface area contributed by atoms with Gasteiger partial charge in [-0.1, -0.05) is 30.3 Å². The highest BCUT2D eigenvalue weighted by atomic mass is 16.5. The lowest BCUT2D eigenvalue weighted by molar-refractivity contribution is 0.237. The molecule has 5 nitrogen and oxygen atoms in total. The van der Waals surface area contributed by atoms with Crippen molar-refractivity contribution in [3.63, 3.8) is 0 Å². The lowest BCUT2D eigenvalue weighted by Crippen LogP contribution is -2.31. The molecule has 0 fully saturated rings. The van der Waals surface area contributed by atoms with Crippen LogP contribution in [0.1, 0.15) is 17.0 Å². The Morgan fingerprint density at radius 2 is 2.00 bits per heavy atom. The summed E-state index contributed by atoms with van der Waals surface area (Å²) in [4.78, 5) is 16.4. The zero-order valence-electron chi connectivity index (χ0n) is 12.0. The third-order valence-electron chi connectivity index (χ3n) is 3.23. The van der Waals surface area contributed by atoms with Crippen LogP contribution in [0.25, 0.3) is 0 Å². The second-order valence-corrected chi connectivity index (χ2v) is 4.57. The van der Waals surface area contributed by atoms with Crippen molar-refractivity contribution < 1.29 is 9.53 Å². The summed E-state index contributed by atoms with van der Waals surface area (Å²) in [7, 11) is 1.51. The van der Waals surface area contributed by atoms with Crippen LogP contribution >= 0.6 is 0 Å². The second kappa shape index (κ2) is 6.23. The predicted molar refractivity (Wildman–Crippen MR) is 77.2 cm³/mol. The van der Waals surface area contributed by atoms with Gasteiger partial charge in [0.1, 0.15) is 0 Å². The van der Waals surface area contributed by atoms with Gasteiger partial charge in [0.25, 0.3) is 0 Å². The maximum absolute atomic E-state index is 12.2.